The lowest BCUT2D eigenvalue weighted by molar-refractivity contribution is -0.157. The number of carbonyl (C=O) groups is 1. The lowest BCUT2D eigenvalue weighted by Gasteiger charge is -2.42. The van der Waals surface area contributed by atoms with E-state index in [1.54, 1.807) is 6.20 Å². The molecule has 1 aromatic carbocycles. The fraction of sp³-hybridized carbons (Fsp3) is 0.542. The summed E-state index contributed by atoms with van der Waals surface area (Å²) in [5, 5.41) is 0.259. The number of fused-ring (bicyclic) bond motifs is 1. The van der Waals surface area contributed by atoms with Crippen molar-refractivity contribution in [1.29, 1.82) is 0 Å². The molecule has 160 valence electrons. The fourth-order valence-electron chi connectivity index (χ4n) is 4.51. The number of benzene rings is 1. The van der Waals surface area contributed by atoms with Gasteiger partial charge in [0, 0.05) is 31.3 Å². The van der Waals surface area contributed by atoms with Crippen LogP contribution in [0, 0.1) is 0 Å². The first kappa shape index (κ1) is 21.3. The van der Waals surface area contributed by atoms with Crippen LogP contribution in [-0.4, -0.2) is 45.6 Å². The molecule has 6 heteroatoms. The zero-order valence-corrected chi connectivity index (χ0v) is 18.8. The van der Waals surface area contributed by atoms with Crippen molar-refractivity contribution >= 4 is 17.5 Å². The van der Waals surface area contributed by atoms with E-state index in [-0.39, 0.29) is 28.8 Å². The third-order valence-electron chi connectivity index (χ3n) is 5.90. The van der Waals surface area contributed by atoms with E-state index in [4.69, 9.17) is 16.3 Å². The predicted molar refractivity (Wildman–Crippen MR) is 119 cm³/mol. The summed E-state index contributed by atoms with van der Waals surface area (Å²) >= 11 is 5.97. The fourth-order valence-corrected chi connectivity index (χ4v) is 4.65. The topological polar surface area (TPSA) is 55.3 Å². The van der Waals surface area contributed by atoms with E-state index >= 15 is 0 Å². The van der Waals surface area contributed by atoms with Crippen LogP contribution in [0.1, 0.15) is 63.5 Å². The first-order chi connectivity index (χ1) is 14.3. The maximum atomic E-state index is 12.9. The molecule has 0 saturated carbocycles. The molecule has 2 aromatic rings. The molecular formula is C24H30ClN3O2. The molecule has 1 amide bonds. The third-order valence-corrected chi connectivity index (χ3v) is 6.08. The van der Waals surface area contributed by atoms with E-state index in [1.807, 2.05) is 11.0 Å². The minimum absolute atomic E-state index is 0.161. The number of aromatic nitrogens is 2. The number of carbonyl (C=O) groups excluding carboxylic acids is 1. The molecule has 2 heterocycles. The molecule has 0 spiro atoms. The van der Waals surface area contributed by atoms with Gasteiger partial charge in [0.05, 0.1) is 17.4 Å². The summed E-state index contributed by atoms with van der Waals surface area (Å²) in [6, 6.07) is 8.38. The van der Waals surface area contributed by atoms with Gasteiger partial charge in [0.1, 0.15) is 0 Å². The Balaban J connectivity index is 1.45. The Morgan fingerprint density at radius 1 is 1.23 bits per heavy atom. The monoisotopic (exact) mass is 427 g/mol. The van der Waals surface area contributed by atoms with E-state index in [9.17, 15) is 4.79 Å². The van der Waals surface area contributed by atoms with Crippen LogP contribution < -0.4 is 0 Å². The number of hydrogen-bond acceptors (Lipinski definition) is 4. The first-order valence-electron chi connectivity index (χ1n) is 10.9. The van der Waals surface area contributed by atoms with Crippen molar-refractivity contribution in [2.24, 2.45) is 0 Å². The minimum Gasteiger partial charge on any atom is -0.369 e. The second kappa shape index (κ2) is 8.64. The summed E-state index contributed by atoms with van der Waals surface area (Å²) in [5.74, 6) is 0.522. The van der Waals surface area contributed by atoms with Crippen LogP contribution in [0.25, 0.3) is 11.3 Å². The Labute approximate surface area is 183 Å². The van der Waals surface area contributed by atoms with Gasteiger partial charge < -0.3 is 9.64 Å². The maximum Gasteiger partial charge on any atom is 0.223 e. The summed E-state index contributed by atoms with van der Waals surface area (Å²) in [7, 11) is 0. The summed E-state index contributed by atoms with van der Waals surface area (Å²) in [4.78, 5) is 23.1. The highest BCUT2D eigenvalue weighted by atomic mass is 35.5. The molecule has 0 radical (unpaired) electrons. The molecule has 1 atom stereocenters. The third kappa shape index (κ3) is 5.01. The second-order valence-corrected chi connectivity index (χ2v) is 9.76. The highest BCUT2D eigenvalue weighted by molar-refractivity contribution is 6.28. The average molecular weight is 428 g/mol. The van der Waals surface area contributed by atoms with Gasteiger partial charge in [-0.1, -0.05) is 18.6 Å². The van der Waals surface area contributed by atoms with Crippen LogP contribution in [0.3, 0.4) is 0 Å². The molecular weight excluding hydrogens is 398 g/mol. The minimum atomic E-state index is -0.161. The van der Waals surface area contributed by atoms with E-state index in [1.165, 1.54) is 11.1 Å². The van der Waals surface area contributed by atoms with Crippen molar-refractivity contribution in [3.8, 4) is 11.3 Å². The van der Waals surface area contributed by atoms with Crippen molar-refractivity contribution < 1.29 is 9.53 Å². The highest BCUT2D eigenvalue weighted by Crippen LogP contribution is 2.36. The standard InChI is InChI=1S/C24H30ClN3O2/c1-24(2,3)30-19-14-28(15-19)22(29)13-17-7-5-4-6-16-12-18(8-9-20(16)17)21-10-11-26-23(25)27-21/h8-12,17,19H,4-7,13-15H2,1-3H3. The van der Waals surface area contributed by atoms with E-state index in [2.05, 4.69) is 48.9 Å². The van der Waals surface area contributed by atoms with Crippen LogP contribution >= 0.6 is 11.6 Å². The summed E-state index contributed by atoms with van der Waals surface area (Å²) in [5.41, 5.74) is 4.36. The molecule has 1 aliphatic carbocycles. The number of aryl methyl sites for hydroxylation is 1. The van der Waals surface area contributed by atoms with Crippen molar-refractivity contribution in [3.63, 3.8) is 0 Å². The molecule has 1 unspecified atom stereocenters. The Morgan fingerprint density at radius 3 is 2.77 bits per heavy atom. The Hall–Kier alpha value is -1.98. The first-order valence-corrected chi connectivity index (χ1v) is 11.2. The van der Waals surface area contributed by atoms with Crippen LogP contribution in [0.4, 0.5) is 0 Å². The molecule has 30 heavy (non-hydrogen) atoms. The van der Waals surface area contributed by atoms with Crippen LogP contribution in [0.5, 0.6) is 0 Å². The van der Waals surface area contributed by atoms with Crippen molar-refractivity contribution in [1.82, 2.24) is 14.9 Å². The molecule has 1 aromatic heterocycles. The van der Waals surface area contributed by atoms with Gasteiger partial charge in [0.25, 0.3) is 0 Å². The SMILES string of the molecule is CC(C)(C)OC1CN(C(=O)CC2CCCCc3cc(-c4ccnc(Cl)n4)ccc32)C1. The number of ether oxygens (including phenoxy) is 1. The second-order valence-electron chi connectivity index (χ2n) is 9.42. The zero-order valence-electron chi connectivity index (χ0n) is 18.0. The number of amides is 1. The van der Waals surface area contributed by atoms with E-state index in [0.29, 0.717) is 19.5 Å². The van der Waals surface area contributed by atoms with E-state index < -0.39 is 0 Å². The number of hydrogen-bond donors (Lipinski definition) is 0. The molecule has 1 fully saturated rings. The normalized spacial score (nSPS) is 19.7. The Morgan fingerprint density at radius 2 is 2.03 bits per heavy atom. The highest BCUT2D eigenvalue weighted by Gasteiger charge is 2.35. The summed E-state index contributed by atoms with van der Waals surface area (Å²) in [6.07, 6.45) is 6.83. The van der Waals surface area contributed by atoms with Gasteiger partial charge in [-0.05, 0) is 80.8 Å². The van der Waals surface area contributed by atoms with Gasteiger partial charge in [-0.2, -0.15) is 0 Å². The predicted octanol–water partition coefficient (Wildman–Crippen LogP) is 5.02. The lowest BCUT2D eigenvalue weighted by atomic mass is 9.88. The summed E-state index contributed by atoms with van der Waals surface area (Å²) < 4.78 is 5.97. The molecule has 0 bridgehead atoms. The van der Waals surface area contributed by atoms with Crippen LogP contribution in [-0.2, 0) is 16.0 Å². The quantitative estimate of drug-likeness (QED) is 0.507. The number of likely N-dealkylation sites (tertiary alicyclic amines) is 1. The lowest BCUT2D eigenvalue weighted by Crippen LogP contribution is -2.56. The van der Waals surface area contributed by atoms with Crippen molar-refractivity contribution in [2.75, 3.05) is 13.1 Å². The average Bonchev–Trinajstić information content (AvgIpc) is 2.85. The maximum absolute atomic E-state index is 12.9. The molecule has 1 aliphatic heterocycles. The van der Waals surface area contributed by atoms with Crippen LogP contribution in [0.2, 0.25) is 5.28 Å². The van der Waals surface area contributed by atoms with Gasteiger partial charge >= 0.3 is 0 Å². The zero-order chi connectivity index (χ0) is 21.3. The number of nitrogens with zero attached hydrogens (tertiary/aromatic N) is 3. The number of rotatable bonds is 4. The van der Waals surface area contributed by atoms with Gasteiger partial charge in [-0.15, -0.1) is 0 Å². The Bertz CT molecular complexity index is 919. The Kier molecular flexibility index (Phi) is 6.12. The molecule has 2 aliphatic rings. The molecule has 5 nitrogen and oxygen atoms in total. The summed E-state index contributed by atoms with van der Waals surface area (Å²) in [6.45, 7) is 7.60. The molecule has 0 N–H and O–H groups in total. The van der Waals surface area contributed by atoms with Crippen molar-refractivity contribution in [3.05, 3.63) is 46.9 Å². The largest absolute Gasteiger partial charge is 0.369 e. The van der Waals surface area contributed by atoms with Crippen molar-refractivity contribution in [2.45, 2.75) is 70.5 Å². The van der Waals surface area contributed by atoms with Gasteiger partial charge in [-0.3, -0.25) is 4.79 Å². The molecule has 1 saturated heterocycles. The number of halogens is 1. The van der Waals surface area contributed by atoms with Gasteiger partial charge in [0.2, 0.25) is 11.2 Å². The van der Waals surface area contributed by atoms with Gasteiger partial charge in [0.15, 0.2) is 0 Å². The molecule has 4 rings (SSSR count). The van der Waals surface area contributed by atoms with Crippen LogP contribution in [0.15, 0.2) is 30.5 Å². The van der Waals surface area contributed by atoms with Gasteiger partial charge in [-0.25, -0.2) is 9.97 Å². The smallest absolute Gasteiger partial charge is 0.223 e. The van der Waals surface area contributed by atoms with E-state index in [0.717, 1.165) is 36.9 Å².